The molecule has 4 rings (SSSR count). The molecule has 3 aliphatic carbocycles. The number of ether oxygens (including phenoxy) is 1. The topological polar surface area (TPSA) is 9.23 Å². The van der Waals surface area contributed by atoms with Gasteiger partial charge in [-0.3, -0.25) is 0 Å². The van der Waals surface area contributed by atoms with Gasteiger partial charge in [-0.05, 0) is 118 Å². The van der Waals surface area contributed by atoms with Crippen molar-refractivity contribution in [3.05, 3.63) is 47.0 Å². The van der Waals surface area contributed by atoms with Crippen molar-refractivity contribution in [2.24, 2.45) is 23.7 Å². The largest absolute Gasteiger partial charge is 0.374 e. The van der Waals surface area contributed by atoms with Gasteiger partial charge in [0.05, 0.1) is 12.7 Å². The quantitative estimate of drug-likeness (QED) is 0.440. The van der Waals surface area contributed by atoms with Crippen LogP contribution in [0.2, 0.25) is 0 Å². The van der Waals surface area contributed by atoms with Crippen molar-refractivity contribution in [3.63, 3.8) is 0 Å². The van der Waals surface area contributed by atoms with Gasteiger partial charge < -0.3 is 4.74 Å². The van der Waals surface area contributed by atoms with Crippen LogP contribution < -0.4 is 0 Å². The summed E-state index contributed by atoms with van der Waals surface area (Å²) in [6.45, 7) is 5.18. The van der Waals surface area contributed by atoms with E-state index in [0.717, 1.165) is 30.3 Å². The number of benzene rings is 1. The van der Waals surface area contributed by atoms with Crippen LogP contribution in [0.1, 0.15) is 88.3 Å². The third-order valence-electron chi connectivity index (χ3n) is 8.29. The molecule has 0 heterocycles. The number of rotatable bonds is 7. The zero-order valence-corrected chi connectivity index (χ0v) is 18.9. The van der Waals surface area contributed by atoms with Crippen molar-refractivity contribution in [3.8, 4) is 0 Å². The van der Waals surface area contributed by atoms with Crippen molar-refractivity contribution >= 4 is 0 Å². The fraction of sp³-hybridized carbons (Fsp3) is 0.714. The lowest BCUT2D eigenvalue weighted by Crippen LogP contribution is -2.37. The van der Waals surface area contributed by atoms with Gasteiger partial charge in [-0.2, -0.15) is 0 Å². The SMILES string of the molecule is CC=CCO[C@@H]1CC[C@@H]2CC(C3CCc4cc(CCCC)ccc4C3)CCC2C1. The molecule has 1 nitrogen and oxygen atoms in total. The van der Waals surface area contributed by atoms with E-state index in [1.165, 1.54) is 77.0 Å². The zero-order valence-electron chi connectivity index (χ0n) is 18.9. The fourth-order valence-electron chi connectivity index (χ4n) is 6.53. The highest BCUT2D eigenvalue weighted by molar-refractivity contribution is 5.34. The van der Waals surface area contributed by atoms with Gasteiger partial charge in [0.25, 0.3) is 0 Å². The first-order valence-electron chi connectivity index (χ1n) is 12.6. The van der Waals surface area contributed by atoms with E-state index in [-0.39, 0.29) is 0 Å². The predicted molar refractivity (Wildman–Crippen MR) is 123 cm³/mol. The van der Waals surface area contributed by atoms with E-state index in [4.69, 9.17) is 4.74 Å². The molecule has 0 saturated heterocycles. The van der Waals surface area contributed by atoms with Gasteiger partial charge in [0, 0.05) is 0 Å². The second-order valence-corrected chi connectivity index (χ2v) is 10.1. The van der Waals surface area contributed by atoms with Gasteiger partial charge in [-0.25, -0.2) is 0 Å². The molecule has 3 unspecified atom stereocenters. The Labute approximate surface area is 179 Å². The van der Waals surface area contributed by atoms with Gasteiger partial charge >= 0.3 is 0 Å². The van der Waals surface area contributed by atoms with Crippen molar-refractivity contribution < 1.29 is 4.74 Å². The first-order valence-corrected chi connectivity index (χ1v) is 12.6. The van der Waals surface area contributed by atoms with Crippen LogP contribution in [0.25, 0.3) is 0 Å². The summed E-state index contributed by atoms with van der Waals surface area (Å²) in [5, 5.41) is 0. The number of aryl methyl sites for hydroxylation is 2. The molecule has 2 fully saturated rings. The Morgan fingerprint density at radius 1 is 0.931 bits per heavy atom. The third-order valence-corrected chi connectivity index (χ3v) is 8.29. The average Bonchev–Trinajstić information content (AvgIpc) is 2.77. The number of fused-ring (bicyclic) bond motifs is 2. The van der Waals surface area contributed by atoms with Gasteiger partial charge in [0.15, 0.2) is 0 Å². The van der Waals surface area contributed by atoms with E-state index >= 15 is 0 Å². The summed E-state index contributed by atoms with van der Waals surface area (Å²) in [7, 11) is 0. The average molecular weight is 395 g/mol. The Morgan fingerprint density at radius 3 is 2.55 bits per heavy atom. The maximum absolute atomic E-state index is 6.10. The lowest BCUT2D eigenvalue weighted by Gasteiger charge is -2.45. The third kappa shape index (κ3) is 5.35. The lowest BCUT2D eigenvalue weighted by molar-refractivity contribution is -0.0138. The van der Waals surface area contributed by atoms with Crippen LogP contribution in [0.3, 0.4) is 0 Å². The summed E-state index contributed by atoms with van der Waals surface area (Å²) in [6.07, 6.45) is 21.2. The fourth-order valence-corrected chi connectivity index (χ4v) is 6.53. The van der Waals surface area contributed by atoms with Crippen LogP contribution in [-0.2, 0) is 24.0 Å². The minimum atomic E-state index is 0.521. The summed E-state index contributed by atoms with van der Waals surface area (Å²) in [4.78, 5) is 0. The van der Waals surface area contributed by atoms with E-state index in [1.807, 2.05) is 0 Å². The lowest BCUT2D eigenvalue weighted by atomic mass is 9.62. The molecule has 0 radical (unpaired) electrons. The summed E-state index contributed by atoms with van der Waals surface area (Å²) >= 11 is 0. The second kappa shape index (κ2) is 10.3. The van der Waals surface area contributed by atoms with E-state index in [9.17, 15) is 0 Å². The molecule has 1 heteroatoms. The Morgan fingerprint density at radius 2 is 1.72 bits per heavy atom. The van der Waals surface area contributed by atoms with Gasteiger partial charge in [-0.1, -0.05) is 43.7 Å². The van der Waals surface area contributed by atoms with Crippen molar-refractivity contribution in [2.75, 3.05) is 6.61 Å². The normalized spacial score (nSPS) is 32.1. The first kappa shape index (κ1) is 21.2. The van der Waals surface area contributed by atoms with Gasteiger partial charge in [-0.15, -0.1) is 0 Å². The zero-order chi connectivity index (χ0) is 20.1. The maximum atomic E-state index is 6.10. The van der Waals surface area contributed by atoms with Gasteiger partial charge in [0.1, 0.15) is 0 Å². The molecule has 0 aliphatic heterocycles. The molecule has 0 N–H and O–H groups in total. The standard InChI is InChI=1S/C28H42O/c1-3-5-7-21-8-9-23-18-24(11-10-22(23)17-21)25-12-13-27-20-28(29-16-6-4-2)15-14-26(27)19-25/h4,6,8-9,17,24-28H,3,5,7,10-16,18-20H2,1-2H3/t24?,25?,26-,27?,28-/m1/s1. The minimum absolute atomic E-state index is 0.521. The molecule has 5 atom stereocenters. The molecule has 2 saturated carbocycles. The van der Waals surface area contributed by atoms with Crippen molar-refractivity contribution in [2.45, 2.75) is 97.0 Å². The first-order chi connectivity index (χ1) is 14.3. The summed E-state index contributed by atoms with van der Waals surface area (Å²) in [6, 6.07) is 7.43. The van der Waals surface area contributed by atoms with E-state index in [1.54, 1.807) is 16.7 Å². The van der Waals surface area contributed by atoms with Crippen molar-refractivity contribution in [1.29, 1.82) is 0 Å². The summed E-state index contributed by atoms with van der Waals surface area (Å²) < 4.78 is 6.10. The van der Waals surface area contributed by atoms with Gasteiger partial charge in [0.2, 0.25) is 0 Å². The number of hydrogen-bond donors (Lipinski definition) is 0. The van der Waals surface area contributed by atoms with E-state index in [0.29, 0.717) is 6.10 Å². The highest BCUT2D eigenvalue weighted by Crippen LogP contribution is 2.47. The molecule has 3 aliphatic rings. The minimum Gasteiger partial charge on any atom is -0.374 e. The van der Waals surface area contributed by atoms with E-state index in [2.05, 4.69) is 44.2 Å². The number of allylic oxidation sites excluding steroid dienone is 1. The molecule has 0 amide bonds. The monoisotopic (exact) mass is 394 g/mol. The maximum Gasteiger partial charge on any atom is 0.0651 e. The highest BCUT2D eigenvalue weighted by atomic mass is 16.5. The molecule has 0 spiro atoms. The molecule has 160 valence electrons. The number of unbranched alkanes of at least 4 members (excludes halogenated alkanes) is 1. The summed E-state index contributed by atoms with van der Waals surface area (Å²) in [5.41, 5.74) is 4.91. The molecule has 1 aromatic rings. The molecule has 0 aromatic heterocycles. The molecular weight excluding hydrogens is 352 g/mol. The summed E-state index contributed by atoms with van der Waals surface area (Å²) in [5.74, 6) is 3.83. The van der Waals surface area contributed by atoms with Crippen LogP contribution in [0.15, 0.2) is 30.4 Å². The van der Waals surface area contributed by atoms with Crippen LogP contribution >= 0.6 is 0 Å². The Kier molecular flexibility index (Phi) is 7.51. The second-order valence-electron chi connectivity index (χ2n) is 10.1. The molecule has 29 heavy (non-hydrogen) atoms. The Bertz CT molecular complexity index is 675. The van der Waals surface area contributed by atoms with Crippen molar-refractivity contribution in [1.82, 2.24) is 0 Å². The smallest absolute Gasteiger partial charge is 0.0651 e. The van der Waals surface area contributed by atoms with Crippen LogP contribution in [0, 0.1) is 23.7 Å². The van der Waals surface area contributed by atoms with Crippen LogP contribution in [0.4, 0.5) is 0 Å². The highest BCUT2D eigenvalue weighted by Gasteiger charge is 2.38. The Hall–Kier alpha value is -1.08. The van der Waals surface area contributed by atoms with Crippen LogP contribution in [0.5, 0.6) is 0 Å². The Balaban J connectivity index is 1.29. The van der Waals surface area contributed by atoms with E-state index < -0.39 is 0 Å². The molecule has 1 aromatic carbocycles. The predicted octanol–water partition coefficient (Wildman–Crippen LogP) is 7.31. The number of hydrogen-bond acceptors (Lipinski definition) is 1. The molecule has 0 bridgehead atoms. The van der Waals surface area contributed by atoms with Crippen LogP contribution in [-0.4, -0.2) is 12.7 Å². The molecular formula is C28H42O.